The Morgan fingerprint density at radius 1 is 1.43 bits per heavy atom. The molecule has 1 aromatic heterocycles. The van der Waals surface area contributed by atoms with Gasteiger partial charge in [0.05, 0.1) is 5.69 Å². The fourth-order valence-electron chi connectivity index (χ4n) is 1.39. The van der Waals surface area contributed by atoms with Crippen LogP contribution in [0.15, 0.2) is 18.6 Å². The van der Waals surface area contributed by atoms with Crippen LogP contribution < -0.4 is 5.32 Å². The van der Waals surface area contributed by atoms with E-state index < -0.39 is 0 Å². The van der Waals surface area contributed by atoms with Crippen LogP contribution in [0.5, 0.6) is 0 Å². The molecule has 1 atom stereocenters. The van der Waals surface area contributed by atoms with Crippen molar-refractivity contribution in [2.45, 2.75) is 26.7 Å². The third kappa shape index (κ3) is 4.33. The fraction of sp³-hybridized carbons (Fsp3) is 0.636. The first-order chi connectivity index (χ1) is 6.83. The van der Waals surface area contributed by atoms with Crippen molar-refractivity contribution in [3.63, 3.8) is 0 Å². The summed E-state index contributed by atoms with van der Waals surface area (Å²) < 4.78 is 0. The molecule has 0 aromatic carbocycles. The van der Waals surface area contributed by atoms with E-state index in [1.165, 1.54) is 6.42 Å². The van der Waals surface area contributed by atoms with E-state index in [0.717, 1.165) is 25.2 Å². The normalized spacial score (nSPS) is 12.7. The lowest BCUT2D eigenvalue weighted by Crippen LogP contribution is -2.23. The van der Waals surface area contributed by atoms with Crippen LogP contribution in [0.3, 0.4) is 0 Å². The standard InChI is InChI=1S/C11H19N3/c1-3-4-12-8-10(2)7-11-9-13-5-6-14-11/h5-6,9-10,12H,3-4,7-8H2,1-2H3. The van der Waals surface area contributed by atoms with Crippen LogP contribution in [0.25, 0.3) is 0 Å². The Bertz CT molecular complexity index is 236. The van der Waals surface area contributed by atoms with Crippen LogP contribution in [0.4, 0.5) is 0 Å². The molecule has 3 nitrogen and oxygen atoms in total. The monoisotopic (exact) mass is 193 g/mol. The Kier molecular flexibility index (Phi) is 5.15. The zero-order valence-electron chi connectivity index (χ0n) is 9.03. The van der Waals surface area contributed by atoms with Gasteiger partial charge in [0.15, 0.2) is 0 Å². The van der Waals surface area contributed by atoms with Crippen LogP contribution in [0.2, 0.25) is 0 Å². The van der Waals surface area contributed by atoms with Gasteiger partial charge in [-0.25, -0.2) is 0 Å². The van der Waals surface area contributed by atoms with Crippen LogP contribution in [0, 0.1) is 5.92 Å². The summed E-state index contributed by atoms with van der Waals surface area (Å²) in [5.41, 5.74) is 1.08. The molecule has 1 unspecified atom stereocenters. The quantitative estimate of drug-likeness (QED) is 0.698. The molecule has 1 N–H and O–H groups in total. The highest BCUT2D eigenvalue weighted by atomic mass is 14.9. The molecule has 0 spiro atoms. The highest BCUT2D eigenvalue weighted by Crippen LogP contribution is 2.02. The first-order valence-electron chi connectivity index (χ1n) is 5.28. The first-order valence-corrected chi connectivity index (χ1v) is 5.28. The second-order valence-electron chi connectivity index (χ2n) is 3.71. The molecule has 1 aromatic rings. The first kappa shape index (κ1) is 11.1. The molecule has 0 radical (unpaired) electrons. The predicted octanol–water partition coefficient (Wildman–Crippen LogP) is 1.65. The predicted molar refractivity (Wildman–Crippen MR) is 58.1 cm³/mol. The Morgan fingerprint density at radius 3 is 2.93 bits per heavy atom. The van der Waals surface area contributed by atoms with Crippen LogP contribution in [-0.2, 0) is 6.42 Å². The second-order valence-corrected chi connectivity index (χ2v) is 3.71. The van der Waals surface area contributed by atoms with E-state index in [1.54, 1.807) is 12.4 Å². The van der Waals surface area contributed by atoms with Crippen molar-refractivity contribution in [2.75, 3.05) is 13.1 Å². The van der Waals surface area contributed by atoms with Gasteiger partial charge in [0.1, 0.15) is 0 Å². The smallest absolute Gasteiger partial charge is 0.0589 e. The van der Waals surface area contributed by atoms with Gasteiger partial charge < -0.3 is 5.32 Å². The Hall–Kier alpha value is -0.960. The van der Waals surface area contributed by atoms with Crippen molar-refractivity contribution in [1.29, 1.82) is 0 Å². The van der Waals surface area contributed by atoms with Gasteiger partial charge in [0.25, 0.3) is 0 Å². The van der Waals surface area contributed by atoms with Gasteiger partial charge in [0.2, 0.25) is 0 Å². The lowest BCUT2D eigenvalue weighted by molar-refractivity contribution is 0.505. The van der Waals surface area contributed by atoms with Crippen molar-refractivity contribution in [1.82, 2.24) is 15.3 Å². The summed E-state index contributed by atoms with van der Waals surface area (Å²) in [6.45, 7) is 6.58. The minimum atomic E-state index is 0.623. The summed E-state index contributed by atoms with van der Waals surface area (Å²) in [5.74, 6) is 0.623. The molecule has 0 bridgehead atoms. The zero-order chi connectivity index (χ0) is 10.2. The van der Waals surface area contributed by atoms with Crippen LogP contribution >= 0.6 is 0 Å². The van der Waals surface area contributed by atoms with E-state index in [-0.39, 0.29) is 0 Å². The molecule has 0 aliphatic rings. The molecular weight excluding hydrogens is 174 g/mol. The summed E-state index contributed by atoms with van der Waals surface area (Å²) in [6, 6.07) is 0. The minimum absolute atomic E-state index is 0.623. The molecule has 1 rings (SSSR count). The van der Waals surface area contributed by atoms with E-state index in [9.17, 15) is 0 Å². The Balaban J connectivity index is 2.23. The number of rotatable bonds is 6. The molecule has 78 valence electrons. The Morgan fingerprint density at radius 2 is 2.29 bits per heavy atom. The Labute approximate surface area is 86.0 Å². The van der Waals surface area contributed by atoms with Crippen molar-refractivity contribution in [3.05, 3.63) is 24.3 Å². The lowest BCUT2D eigenvalue weighted by atomic mass is 10.1. The van der Waals surface area contributed by atoms with Crippen molar-refractivity contribution in [3.8, 4) is 0 Å². The van der Waals surface area contributed by atoms with Gasteiger partial charge in [0, 0.05) is 18.6 Å². The molecule has 0 amide bonds. The van der Waals surface area contributed by atoms with Gasteiger partial charge in [-0.15, -0.1) is 0 Å². The van der Waals surface area contributed by atoms with Gasteiger partial charge in [-0.3, -0.25) is 9.97 Å². The molecule has 14 heavy (non-hydrogen) atoms. The van der Waals surface area contributed by atoms with Crippen molar-refractivity contribution < 1.29 is 0 Å². The van der Waals surface area contributed by atoms with Crippen molar-refractivity contribution in [2.24, 2.45) is 5.92 Å². The number of aromatic nitrogens is 2. The maximum absolute atomic E-state index is 4.26. The van der Waals surface area contributed by atoms with E-state index >= 15 is 0 Å². The zero-order valence-corrected chi connectivity index (χ0v) is 9.03. The number of hydrogen-bond donors (Lipinski definition) is 1. The summed E-state index contributed by atoms with van der Waals surface area (Å²) >= 11 is 0. The van der Waals surface area contributed by atoms with Crippen molar-refractivity contribution >= 4 is 0 Å². The summed E-state index contributed by atoms with van der Waals surface area (Å²) in [5, 5.41) is 3.41. The SMILES string of the molecule is CCCNCC(C)Cc1cnccn1. The highest BCUT2D eigenvalue weighted by Gasteiger charge is 2.03. The molecule has 0 saturated heterocycles. The highest BCUT2D eigenvalue weighted by molar-refractivity contribution is 4.95. The average Bonchev–Trinajstić information content (AvgIpc) is 2.20. The third-order valence-corrected chi connectivity index (χ3v) is 2.09. The molecule has 0 aliphatic carbocycles. The fourth-order valence-corrected chi connectivity index (χ4v) is 1.39. The lowest BCUT2D eigenvalue weighted by Gasteiger charge is -2.10. The number of nitrogens with zero attached hydrogens (tertiary/aromatic N) is 2. The summed E-state index contributed by atoms with van der Waals surface area (Å²) in [4.78, 5) is 8.31. The van der Waals surface area contributed by atoms with Crippen LogP contribution in [0.1, 0.15) is 26.0 Å². The molecule has 0 aliphatic heterocycles. The molecule has 0 saturated carbocycles. The molecule has 0 fully saturated rings. The summed E-state index contributed by atoms with van der Waals surface area (Å²) in [7, 11) is 0. The van der Waals surface area contributed by atoms with E-state index in [2.05, 4.69) is 29.1 Å². The molecule has 3 heteroatoms. The molecular formula is C11H19N3. The van der Waals surface area contributed by atoms with Crippen LogP contribution in [-0.4, -0.2) is 23.1 Å². The van der Waals surface area contributed by atoms with Gasteiger partial charge >= 0.3 is 0 Å². The van der Waals surface area contributed by atoms with Gasteiger partial charge in [-0.05, 0) is 31.8 Å². The molecule has 1 heterocycles. The number of hydrogen-bond acceptors (Lipinski definition) is 3. The van der Waals surface area contributed by atoms with E-state index in [4.69, 9.17) is 0 Å². The summed E-state index contributed by atoms with van der Waals surface area (Å²) in [6.07, 6.45) is 7.50. The average molecular weight is 193 g/mol. The largest absolute Gasteiger partial charge is 0.316 e. The van der Waals surface area contributed by atoms with Gasteiger partial charge in [-0.2, -0.15) is 0 Å². The van der Waals surface area contributed by atoms with E-state index in [1.807, 2.05) is 6.20 Å². The maximum Gasteiger partial charge on any atom is 0.0589 e. The number of nitrogens with one attached hydrogen (secondary N) is 1. The third-order valence-electron chi connectivity index (χ3n) is 2.09. The second kappa shape index (κ2) is 6.49. The topological polar surface area (TPSA) is 37.8 Å². The maximum atomic E-state index is 4.26. The van der Waals surface area contributed by atoms with E-state index in [0.29, 0.717) is 5.92 Å². The van der Waals surface area contributed by atoms with Gasteiger partial charge in [-0.1, -0.05) is 13.8 Å². The minimum Gasteiger partial charge on any atom is -0.316 e.